The van der Waals surface area contributed by atoms with Gasteiger partial charge in [0.1, 0.15) is 131 Å². The van der Waals surface area contributed by atoms with Gasteiger partial charge in [-0.25, -0.2) is 4.79 Å². The lowest BCUT2D eigenvalue weighted by Gasteiger charge is -2.52. The van der Waals surface area contributed by atoms with Crippen molar-refractivity contribution in [2.45, 2.75) is 403 Å². The Hall–Kier alpha value is -8.22. The Kier molecular flexibility index (Phi) is 48.7. The zero-order chi connectivity index (χ0) is 98.6. The number of hydrogen-bond donors (Lipinski definition) is 8. The van der Waals surface area contributed by atoms with Crippen LogP contribution >= 0.6 is 0 Å². The first-order valence-corrected chi connectivity index (χ1v) is 44.3. The van der Waals surface area contributed by atoms with Crippen LogP contribution in [-0.2, 0) is 190 Å². The summed E-state index contributed by atoms with van der Waals surface area (Å²) in [6, 6.07) is 0. The summed E-state index contributed by atoms with van der Waals surface area (Å²) in [5.41, 5.74) is 0. The molecule has 0 aliphatic carbocycles. The fraction of sp³-hybridized carbons (Fsp3) is 0.835. The second-order valence-electron chi connectivity index (χ2n) is 32.7. The molecule has 0 aromatic carbocycles. The molecule has 6 saturated heterocycles. The summed E-state index contributed by atoms with van der Waals surface area (Å²) in [5.74, 6) is -14.7. The molecular formula is C85H132O48. The zero-order valence-electron chi connectivity index (χ0n) is 77.1. The van der Waals surface area contributed by atoms with Crippen molar-refractivity contribution in [3.05, 3.63) is 0 Å². The van der Waals surface area contributed by atoms with Crippen LogP contribution in [0.3, 0.4) is 0 Å². The molecule has 0 spiro atoms. The number of carboxylic acids is 1. The van der Waals surface area contributed by atoms with Gasteiger partial charge in [0.05, 0.1) is 19.3 Å². The van der Waals surface area contributed by atoms with Gasteiger partial charge in [0.15, 0.2) is 86.6 Å². The van der Waals surface area contributed by atoms with Gasteiger partial charge in [0, 0.05) is 96.6 Å². The van der Waals surface area contributed by atoms with Gasteiger partial charge in [-0.1, -0.05) is 96.8 Å². The summed E-state index contributed by atoms with van der Waals surface area (Å²) in [4.78, 5) is 179. The standard InChI is InChI=1S/C85H132O48/c1-15-30-53(31-28-26-24-22-20-18-16-17-19-21-23-25-27-29-32-108-34-60(79(106)107)114-45(7)92)122-81-72(132-84-76(120-51(13)98)73(117-48(10)95)68(115-46(8)93)57(126-84)37-111-42(4)89)66(105)67(54(33-86)123-81)129-83-77(121-52(14)99)75(119-50(12)97)70(59(128-83)39-113-44(6)91)130-85-78(74(118-49(11)96)69(116-47(9)94)58(127-85)38-112-43(5)90)133-82-71(64(103)62(101)56(125-82)36-110-41(3)88)131-80-65(104)63(102)61(100)55(124-80)35-109-40(2)87/h53-78,80-86,100-105H,15-39H2,1-14H3,(H,106,107). The monoisotopic (exact) mass is 1920 g/mol. The minimum atomic E-state index is -2.44. The van der Waals surface area contributed by atoms with Crippen LogP contribution in [0.15, 0.2) is 0 Å². The van der Waals surface area contributed by atoms with E-state index in [1.54, 1.807) is 0 Å². The van der Waals surface area contributed by atoms with Gasteiger partial charge in [-0.05, 0) is 19.3 Å². The van der Waals surface area contributed by atoms with Crippen LogP contribution in [0.4, 0.5) is 0 Å². The lowest BCUT2D eigenvalue weighted by molar-refractivity contribution is -0.409. The molecule has 6 aliphatic rings. The molecule has 0 saturated carbocycles. The van der Waals surface area contributed by atoms with E-state index in [9.17, 15) is 108 Å². The predicted octanol–water partition coefficient (Wildman–Crippen LogP) is -0.173. The van der Waals surface area contributed by atoms with Crippen molar-refractivity contribution in [2.75, 3.05) is 52.9 Å². The van der Waals surface area contributed by atoms with Crippen LogP contribution < -0.4 is 0 Å². The SMILES string of the molecule is CCCC(CCCCCCCCCCCCCCCCOCC(OC(C)=O)C(=O)O)OC1OC(CO)C(OC2OC(COC(C)=O)C(OC3OC(COC(C)=O)C(OC(C)=O)C(OC(C)=O)C3OC3OC(COC(C)=O)C(O)C(O)C3OC3OC(COC(C)=O)C(O)C(O)C3O)C(OC(C)=O)C2OC(C)=O)C(O)C1OC1OC(COC(C)=O)C(OC(C)=O)C(OC(C)=O)C1OC(C)=O. The highest BCUT2D eigenvalue weighted by atomic mass is 16.8. The molecule has 0 radical (unpaired) electrons. The molecular weight excluding hydrogens is 1790 g/mol. The van der Waals surface area contributed by atoms with Crippen molar-refractivity contribution in [1.29, 1.82) is 0 Å². The molecule has 0 aromatic heterocycles. The van der Waals surface area contributed by atoms with Crippen LogP contribution in [0.2, 0.25) is 0 Å². The summed E-state index contributed by atoms with van der Waals surface area (Å²) < 4.78 is 155. The number of carbonyl (C=O) groups excluding carboxylic acids is 13. The fourth-order valence-corrected chi connectivity index (χ4v) is 15.7. The Morgan fingerprint density at radius 2 is 0.586 bits per heavy atom. The molecule has 133 heavy (non-hydrogen) atoms. The Morgan fingerprint density at radius 1 is 0.278 bits per heavy atom. The van der Waals surface area contributed by atoms with Crippen LogP contribution in [-0.4, -0.2) is 374 Å². The maximum Gasteiger partial charge on any atom is 0.347 e. The normalized spacial score (nSPS) is 32.5. The molecule has 0 amide bonds. The number of aliphatic carboxylic acids is 1. The van der Waals surface area contributed by atoms with E-state index < -0.39 is 320 Å². The van der Waals surface area contributed by atoms with Gasteiger partial charge in [-0.2, -0.15) is 0 Å². The largest absolute Gasteiger partial charge is 0.478 e. The Balaban J connectivity index is 1.41. The van der Waals surface area contributed by atoms with Crippen molar-refractivity contribution < 1.29 is 231 Å². The summed E-state index contributed by atoms with van der Waals surface area (Å²) >= 11 is 0. The Bertz CT molecular complexity index is 3700. The smallest absolute Gasteiger partial charge is 0.347 e. The van der Waals surface area contributed by atoms with E-state index in [2.05, 4.69) is 0 Å². The first-order valence-electron chi connectivity index (χ1n) is 44.3. The maximum absolute atomic E-state index is 13.9. The van der Waals surface area contributed by atoms with Gasteiger partial charge < -0.3 is 164 Å². The van der Waals surface area contributed by atoms with Crippen molar-refractivity contribution in [3.8, 4) is 0 Å². The third-order valence-electron chi connectivity index (χ3n) is 21.6. The molecule has 8 N–H and O–H groups in total. The second kappa shape index (κ2) is 57.1. The van der Waals surface area contributed by atoms with Crippen LogP contribution in [0.25, 0.3) is 0 Å². The summed E-state index contributed by atoms with van der Waals surface area (Å²) in [5, 5.41) is 91.5. The minimum Gasteiger partial charge on any atom is -0.478 e. The number of hydrogen-bond acceptors (Lipinski definition) is 47. The molecule has 32 unspecified atom stereocenters. The Labute approximate surface area is 767 Å². The molecule has 6 rings (SSSR count). The summed E-state index contributed by atoms with van der Waals surface area (Å²) in [6.07, 6.45) is -51.1. The molecule has 6 aliphatic heterocycles. The molecule has 0 bridgehead atoms. The second-order valence-corrected chi connectivity index (χ2v) is 32.7. The fourth-order valence-electron chi connectivity index (χ4n) is 15.7. The number of aliphatic hydroxyl groups is 7. The molecule has 32 atom stereocenters. The van der Waals surface area contributed by atoms with Crippen LogP contribution in [0, 0.1) is 0 Å². The zero-order valence-corrected chi connectivity index (χ0v) is 77.1. The molecule has 6 heterocycles. The molecule has 760 valence electrons. The topological polar surface area (TPSA) is 641 Å². The molecule has 48 nitrogen and oxygen atoms in total. The van der Waals surface area contributed by atoms with E-state index in [4.69, 9.17) is 123 Å². The maximum atomic E-state index is 13.9. The van der Waals surface area contributed by atoms with E-state index in [1.807, 2.05) is 6.92 Å². The van der Waals surface area contributed by atoms with Crippen molar-refractivity contribution in [3.63, 3.8) is 0 Å². The highest BCUT2D eigenvalue weighted by Gasteiger charge is 2.63. The number of carbonyl (C=O) groups is 14. The predicted molar refractivity (Wildman–Crippen MR) is 435 cm³/mol. The average Bonchev–Trinajstić information content (AvgIpc) is 0.757. The number of rotatable bonds is 53. The van der Waals surface area contributed by atoms with Crippen molar-refractivity contribution >= 4 is 83.6 Å². The number of ether oxygens (including phenoxy) is 26. The number of unbranched alkanes of at least 4 members (excludes halogenated alkanes) is 13. The van der Waals surface area contributed by atoms with Crippen LogP contribution in [0.5, 0.6) is 0 Å². The van der Waals surface area contributed by atoms with Gasteiger partial charge in [0.25, 0.3) is 0 Å². The number of esters is 13. The number of aliphatic hydroxyl groups excluding tert-OH is 7. The number of carboxylic acid groups (broad SMARTS) is 1. The van der Waals surface area contributed by atoms with Crippen LogP contribution in [0.1, 0.15) is 206 Å². The average molecular weight is 1920 g/mol. The van der Waals surface area contributed by atoms with E-state index in [1.165, 1.54) is 0 Å². The minimum absolute atomic E-state index is 0.226. The van der Waals surface area contributed by atoms with Gasteiger partial charge in [-0.15, -0.1) is 0 Å². The lowest BCUT2D eigenvalue weighted by Crippen LogP contribution is -2.70. The van der Waals surface area contributed by atoms with E-state index in [0.717, 1.165) is 173 Å². The highest BCUT2D eigenvalue weighted by Crippen LogP contribution is 2.42. The highest BCUT2D eigenvalue weighted by molar-refractivity contribution is 5.77. The van der Waals surface area contributed by atoms with Gasteiger partial charge in [-0.3, -0.25) is 62.3 Å². The van der Waals surface area contributed by atoms with Gasteiger partial charge in [0.2, 0.25) is 6.10 Å². The quantitative estimate of drug-likeness (QED) is 0.0223. The van der Waals surface area contributed by atoms with E-state index >= 15 is 0 Å². The summed E-state index contributed by atoms with van der Waals surface area (Å²) in [6.45, 7) is 8.82. The Morgan fingerprint density at radius 3 is 0.992 bits per heavy atom. The molecule has 6 fully saturated rings. The van der Waals surface area contributed by atoms with E-state index in [-0.39, 0.29) is 6.61 Å². The molecule has 48 heteroatoms. The first-order chi connectivity index (χ1) is 62.9. The molecule has 0 aromatic rings. The third kappa shape index (κ3) is 37.0. The van der Waals surface area contributed by atoms with E-state index in [0.29, 0.717) is 32.3 Å². The summed E-state index contributed by atoms with van der Waals surface area (Å²) in [7, 11) is 0. The lowest BCUT2D eigenvalue weighted by atomic mass is 9.94. The third-order valence-corrected chi connectivity index (χ3v) is 21.6. The van der Waals surface area contributed by atoms with Crippen molar-refractivity contribution in [2.24, 2.45) is 0 Å². The van der Waals surface area contributed by atoms with Crippen molar-refractivity contribution in [1.82, 2.24) is 0 Å². The van der Waals surface area contributed by atoms with Gasteiger partial charge >= 0.3 is 83.6 Å². The first kappa shape index (κ1) is 114.